The standard InChI is InChI=1S/C11H19F4NO5S/c1-4-16(5-2)7-9(21-8(3)17)6-10(12,13)11(14,15)22(18,19)20/h9H,4-7H2,1-3H3,(H,18,19,20). The number of carbonyl (C=O) groups is 1. The molecule has 0 radical (unpaired) electrons. The Hall–Kier alpha value is -0.940. The number of alkyl halides is 4. The molecule has 0 spiro atoms. The van der Waals surface area contributed by atoms with Gasteiger partial charge in [0, 0.05) is 13.5 Å². The molecule has 0 amide bonds. The van der Waals surface area contributed by atoms with Crippen molar-refractivity contribution in [2.45, 2.75) is 44.5 Å². The fourth-order valence-corrected chi connectivity index (χ4v) is 2.20. The second-order valence-corrected chi connectivity index (χ2v) is 6.08. The summed E-state index contributed by atoms with van der Waals surface area (Å²) in [6.45, 7) is 4.76. The zero-order chi connectivity index (χ0) is 17.8. The van der Waals surface area contributed by atoms with Crippen LogP contribution >= 0.6 is 0 Å². The van der Waals surface area contributed by atoms with Crippen molar-refractivity contribution in [1.29, 1.82) is 0 Å². The SMILES string of the molecule is CCN(CC)CC(CC(F)(F)C(F)(F)S(=O)(=O)O)OC(C)=O. The van der Waals surface area contributed by atoms with E-state index in [1.54, 1.807) is 13.8 Å². The molecule has 0 bridgehead atoms. The van der Waals surface area contributed by atoms with Crippen molar-refractivity contribution in [3.63, 3.8) is 0 Å². The molecule has 0 aliphatic rings. The smallest absolute Gasteiger partial charge is 0.431 e. The van der Waals surface area contributed by atoms with Gasteiger partial charge in [-0.15, -0.1) is 0 Å². The van der Waals surface area contributed by atoms with Crippen LogP contribution in [0.15, 0.2) is 0 Å². The highest BCUT2D eigenvalue weighted by atomic mass is 32.2. The molecule has 11 heteroatoms. The molecular formula is C11H19F4NO5S. The van der Waals surface area contributed by atoms with Gasteiger partial charge in [-0.1, -0.05) is 13.8 Å². The molecule has 1 N–H and O–H groups in total. The van der Waals surface area contributed by atoms with E-state index in [0.29, 0.717) is 13.1 Å². The lowest BCUT2D eigenvalue weighted by atomic mass is 10.1. The van der Waals surface area contributed by atoms with E-state index < -0.39 is 39.8 Å². The first kappa shape index (κ1) is 21.1. The van der Waals surface area contributed by atoms with Gasteiger partial charge in [0.05, 0.1) is 6.42 Å². The summed E-state index contributed by atoms with van der Waals surface area (Å²) in [7, 11) is -6.31. The summed E-state index contributed by atoms with van der Waals surface area (Å²) in [4.78, 5) is 12.4. The quantitative estimate of drug-likeness (QED) is 0.386. The lowest BCUT2D eigenvalue weighted by molar-refractivity contribution is -0.186. The molecular weight excluding hydrogens is 334 g/mol. The second kappa shape index (κ2) is 7.55. The Bertz CT molecular complexity index is 479. The van der Waals surface area contributed by atoms with Crippen molar-refractivity contribution in [1.82, 2.24) is 4.90 Å². The van der Waals surface area contributed by atoms with Crippen LogP contribution in [0.3, 0.4) is 0 Å². The molecule has 1 unspecified atom stereocenters. The summed E-state index contributed by atoms with van der Waals surface area (Å²) in [5.41, 5.74) is 0. The number of rotatable bonds is 9. The number of hydrogen-bond acceptors (Lipinski definition) is 5. The Morgan fingerprint density at radius 3 is 2.00 bits per heavy atom. The molecule has 6 nitrogen and oxygen atoms in total. The average Bonchev–Trinajstić information content (AvgIpc) is 2.32. The summed E-state index contributed by atoms with van der Waals surface area (Å²) in [5.74, 6) is -6.07. The molecule has 0 fully saturated rings. The molecule has 132 valence electrons. The summed E-state index contributed by atoms with van der Waals surface area (Å²) < 4.78 is 87.2. The molecule has 0 aromatic heterocycles. The van der Waals surface area contributed by atoms with Gasteiger partial charge in [0.25, 0.3) is 0 Å². The van der Waals surface area contributed by atoms with Crippen LogP contribution in [-0.4, -0.2) is 60.8 Å². The van der Waals surface area contributed by atoms with Gasteiger partial charge in [0.2, 0.25) is 0 Å². The Labute approximate surface area is 126 Å². The van der Waals surface area contributed by atoms with Crippen LogP contribution in [0.5, 0.6) is 0 Å². The Morgan fingerprint density at radius 2 is 1.68 bits per heavy atom. The first-order chi connectivity index (χ1) is 9.78. The van der Waals surface area contributed by atoms with Crippen LogP contribution in [-0.2, 0) is 19.6 Å². The van der Waals surface area contributed by atoms with Crippen LogP contribution in [0, 0.1) is 0 Å². The van der Waals surface area contributed by atoms with E-state index in [2.05, 4.69) is 4.74 Å². The van der Waals surface area contributed by atoms with Crippen molar-refractivity contribution in [2.24, 2.45) is 0 Å². The van der Waals surface area contributed by atoms with Crippen LogP contribution < -0.4 is 0 Å². The average molecular weight is 353 g/mol. The number of halogens is 4. The summed E-state index contributed by atoms with van der Waals surface area (Å²) in [5, 5.41) is -5.68. The first-order valence-electron chi connectivity index (χ1n) is 6.40. The van der Waals surface area contributed by atoms with Crippen molar-refractivity contribution < 1.29 is 40.1 Å². The lowest BCUT2D eigenvalue weighted by Gasteiger charge is -2.30. The normalized spacial score (nSPS) is 15.0. The lowest BCUT2D eigenvalue weighted by Crippen LogP contribution is -2.50. The van der Waals surface area contributed by atoms with Crippen LogP contribution in [0.25, 0.3) is 0 Å². The van der Waals surface area contributed by atoms with Crippen molar-refractivity contribution in [3.8, 4) is 0 Å². The Morgan fingerprint density at radius 1 is 1.23 bits per heavy atom. The van der Waals surface area contributed by atoms with Crippen molar-refractivity contribution in [3.05, 3.63) is 0 Å². The number of nitrogens with zero attached hydrogens (tertiary/aromatic N) is 1. The maximum Gasteiger partial charge on any atom is 0.431 e. The summed E-state index contributed by atoms with van der Waals surface area (Å²) >= 11 is 0. The number of esters is 1. The van der Waals surface area contributed by atoms with E-state index in [1.807, 2.05) is 0 Å². The molecule has 0 heterocycles. The molecule has 1 atom stereocenters. The number of hydrogen-bond donors (Lipinski definition) is 1. The fourth-order valence-electron chi connectivity index (χ4n) is 1.74. The largest absolute Gasteiger partial charge is 0.461 e. The van der Waals surface area contributed by atoms with E-state index in [-0.39, 0.29) is 6.54 Å². The minimum Gasteiger partial charge on any atom is -0.461 e. The minimum absolute atomic E-state index is 0.274. The van der Waals surface area contributed by atoms with Crippen LogP contribution in [0.1, 0.15) is 27.2 Å². The van der Waals surface area contributed by atoms with E-state index >= 15 is 0 Å². The highest BCUT2D eigenvalue weighted by molar-refractivity contribution is 7.87. The van der Waals surface area contributed by atoms with Gasteiger partial charge in [-0.2, -0.15) is 26.0 Å². The molecule has 0 aliphatic heterocycles. The third-order valence-electron chi connectivity index (χ3n) is 2.92. The third kappa shape index (κ3) is 5.36. The molecule has 0 rings (SSSR count). The number of ether oxygens (including phenoxy) is 1. The summed E-state index contributed by atoms with van der Waals surface area (Å²) in [6.07, 6.45) is -3.39. The maximum absolute atomic E-state index is 13.6. The first-order valence-corrected chi connectivity index (χ1v) is 7.84. The van der Waals surface area contributed by atoms with E-state index in [4.69, 9.17) is 4.55 Å². The highest BCUT2D eigenvalue weighted by Crippen LogP contribution is 2.41. The van der Waals surface area contributed by atoms with Crippen molar-refractivity contribution in [2.75, 3.05) is 19.6 Å². The van der Waals surface area contributed by atoms with Crippen LogP contribution in [0.4, 0.5) is 17.6 Å². The third-order valence-corrected chi connectivity index (χ3v) is 3.87. The molecule has 0 saturated heterocycles. The van der Waals surface area contributed by atoms with Gasteiger partial charge < -0.3 is 9.64 Å². The zero-order valence-corrected chi connectivity index (χ0v) is 13.2. The van der Waals surface area contributed by atoms with E-state index in [9.17, 15) is 30.8 Å². The maximum atomic E-state index is 13.6. The monoisotopic (exact) mass is 353 g/mol. The molecule has 0 aromatic carbocycles. The van der Waals surface area contributed by atoms with Gasteiger partial charge in [-0.05, 0) is 13.1 Å². The van der Waals surface area contributed by atoms with Crippen molar-refractivity contribution >= 4 is 16.1 Å². The number of carbonyl (C=O) groups excluding carboxylic acids is 1. The zero-order valence-electron chi connectivity index (χ0n) is 12.4. The summed E-state index contributed by atoms with van der Waals surface area (Å²) in [6, 6.07) is 0. The molecule has 0 saturated carbocycles. The fraction of sp³-hybridized carbons (Fsp3) is 0.909. The van der Waals surface area contributed by atoms with Gasteiger partial charge in [0.15, 0.2) is 0 Å². The molecule has 0 aliphatic carbocycles. The molecule has 22 heavy (non-hydrogen) atoms. The predicted molar refractivity (Wildman–Crippen MR) is 69.4 cm³/mol. The van der Waals surface area contributed by atoms with Crippen LogP contribution in [0.2, 0.25) is 0 Å². The predicted octanol–water partition coefficient (Wildman–Crippen LogP) is 1.77. The Kier molecular flexibility index (Phi) is 7.23. The van der Waals surface area contributed by atoms with E-state index in [0.717, 1.165) is 6.92 Å². The highest BCUT2D eigenvalue weighted by Gasteiger charge is 2.66. The minimum atomic E-state index is -6.31. The number of likely N-dealkylation sites (N-methyl/N-ethyl adjacent to an activating group) is 1. The van der Waals surface area contributed by atoms with Gasteiger partial charge in [-0.25, -0.2) is 0 Å². The van der Waals surface area contributed by atoms with Gasteiger partial charge in [-0.3, -0.25) is 9.35 Å². The topological polar surface area (TPSA) is 83.9 Å². The van der Waals surface area contributed by atoms with Gasteiger partial charge in [0.1, 0.15) is 6.10 Å². The van der Waals surface area contributed by atoms with Gasteiger partial charge >= 0.3 is 27.3 Å². The second-order valence-electron chi connectivity index (χ2n) is 4.62. The van der Waals surface area contributed by atoms with E-state index in [1.165, 1.54) is 4.90 Å². The Balaban J connectivity index is 5.31. The molecule has 0 aromatic rings.